The lowest BCUT2D eigenvalue weighted by Gasteiger charge is -2.09. The van der Waals surface area contributed by atoms with Gasteiger partial charge in [0.15, 0.2) is 0 Å². The fourth-order valence-corrected chi connectivity index (χ4v) is 1.71. The molecular weight excluding hydrogens is 184 g/mol. The third-order valence-corrected chi connectivity index (χ3v) is 2.52. The molecule has 0 saturated heterocycles. The minimum absolute atomic E-state index is 0.0274. The van der Waals surface area contributed by atoms with E-state index >= 15 is 0 Å². The molecular formula is C10H14O2S. The number of ketones is 1. The van der Waals surface area contributed by atoms with Crippen LogP contribution in [-0.2, 0) is 16.1 Å². The quantitative estimate of drug-likeness (QED) is 0.727. The standard InChI is InChI=1S/C10H14O2S/c1-8(11)6-9(2)12-7-10-4-3-5-13-10/h3-5,9H,6-7H2,1-2H3. The van der Waals surface area contributed by atoms with Crippen molar-refractivity contribution < 1.29 is 9.53 Å². The summed E-state index contributed by atoms with van der Waals surface area (Å²) in [5.74, 6) is 0.179. The van der Waals surface area contributed by atoms with E-state index < -0.39 is 0 Å². The Bertz CT molecular complexity index is 254. The van der Waals surface area contributed by atoms with Crippen molar-refractivity contribution in [2.75, 3.05) is 0 Å². The topological polar surface area (TPSA) is 26.3 Å². The van der Waals surface area contributed by atoms with Gasteiger partial charge in [0.05, 0.1) is 12.7 Å². The summed E-state index contributed by atoms with van der Waals surface area (Å²) in [4.78, 5) is 11.9. The maximum absolute atomic E-state index is 10.7. The first-order chi connectivity index (χ1) is 6.18. The molecule has 72 valence electrons. The highest BCUT2D eigenvalue weighted by Crippen LogP contribution is 2.11. The fraction of sp³-hybridized carbons (Fsp3) is 0.500. The highest BCUT2D eigenvalue weighted by molar-refractivity contribution is 7.09. The van der Waals surface area contributed by atoms with Crippen molar-refractivity contribution in [1.29, 1.82) is 0 Å². The van der Waals surface area contributed by atoms with Crippen LogP contribution in [0.25, 0.3) is 0 Å². The number of hydrogen-bond donors (Lipinski definition) is 0. The van der Waals surface area contributed by atoms with Gasteiger partial charge in [0, 0.05) is 11.3 Å². The van der Waals surface area contributed by atoms with E-state index in [1.54, 1.807) is 18.3 Å². The number of rotatable bonds is 5. The summed E-state index contributed by atoms with van der Waals surface area (Å²) in [6.07, 6.45) is 0.533. The van der Waals surface area contributed by atoms with Gasteiger partial charge < -0.3 is 4.74 Å². The third-order valence-electron chi connectivity index (χ3n) is 1.67. The first kappa shape index (κ1) is 10.4. The molecule has 1 unspecified atom stereocenters. The van der Waals surface area contributed by atoms with Crippen LogP contribution >= 0.6 is 11.3 Å². The Kier molecular flexibility index (Phi) is 4.12. The second-order valence-corrected chi connectivity index (χ2v) is 4.14. The van der Waals surface area contributed by atoms with E-state index in [1.807, 2.05) is 24.4 Å². The number of ether oxygens (including phenoxy) is 1. The molecule has 0 saturated carbocycles. The summed E-state index contributed by atoms with van der Waals surface area (Å²) < 4.78 is 5.49. The highest BCUT2D eigenvalue weighted by atomic mass is 32.1. The molecule has 1 atom stereocenters. The predicted molar refractivity (Wildman–Crippen MR) is 53.9 cm³/mol. The molecule has 0 aliphatic carbocycles. The van der Waals surface area contributed by atoms with E-state index in [0.29, 0.717) is 13.0 Å². The van der Waals surface area contributed by atoms with Crippen molar-refractivity contribution in [3.63, 3.8) is 0 Å². The van der Waals surface area contributed by atoms with Gasteiger partial charge in [-0.1, -0.05) is 6.07 Å². The molecule has 0 aliphatic heterocycles. The lowest BCUT2D eigenvalue weighted by Crippen LogP contribution is -2.11. The number of Topliss-reactive ketones (excluding diaryl/α,β-unsaturated/α-hetero) is 1. The molecule has 0 bridgehead atoms. The Labute approximate surface area is 82.5 Å². The number of carbonyl (C=O) groups is 1. The van der Waals surface area contributed by atoms with Crippen LogP contribution in [0.3, 0.4) is 0 Å². The number of hydrogen-bond acceptors (Lipinski definition) is 3. The van der Waals surface area contributed by atoms with Gasteiger partial charge in [-0.2, -0.15) is 0 Å². The molecule has 0 radical (unpaired) electrons. The van der Waals surface area contributed by atoms with Gasteiger partial charge in [0.25, 0.3) is 0 Å². The molecule has 1 rings (SSSR count). The van der Waals surface area contributed by atoms with Crippen LogP contribution in [0.1, 0.15) is 25.1 Å². The maximum Gasteiger partial charge on any atom is 0.132 e. The number of thiophene rings is 1. The molecule has 0 amide bonds. The van der Waals surface area contributed by atoms with E-state index in [1.165, 1.54) is 4.88 Å². The molecule has 1 heterocycles. The Balaban J connectivity index is 2.22. The zero-order valence-electron chi connectivity index (χ0n) is 7.95. The molecule has 0 fully saturated rings. The molecule has 0 spiro atoms. The lowest BCUT2D eigenvalue weighted by atomic mass is 10.2. The zero-order valence-corrected chi connectivity index (χ0v) is 8.76. The summed E-state index contributed by atoms with van der Waals surface area (Å²) in [5.41, 5.74) is 0. The van der Waals surface area contributed by atoms with Gasteiger partial charge >= 0.3 is 0 Å². The van der Waals surface area contributed by atoms with Crippen molar-refractivity contribution in [1.82, 2.24) is 0 Å². The van der Waals surface area contributed by atoms with Gasteiger partial charge in [-0.3, -0.25) is 4.79 Å². The molecule has 0 aliphatic rings. The summed E-state index contributed by atoms with van der Waals surface area (Å²) in [6.45, 7) is 4.13. The van der Waals surface area contributed by atoms with Crippen molar-refractivity contribution in [2.45, 2.75) is 33.0 Å². The fourth-order valence-electron chi connectivity index (χ4n) is 1.08. The van der Waals surface area contributed by atoms with E-state index in [4.69, 9.17) is 4.74 Å². The Morgan fingerprint density at radius 3 is 3.00 bits per heavy atom. The maximum atomic E-state index is 10.7. The largest absolute Gasteiger partial charge is 0.373 e. The van der Waals surface area contributed by atoms with Gasteiger partial charge in [-0.05, 0) is 25.3 Å². The molecule has 3 heteroatoms. The van der Waals surface area contributed by atoms with E-state index in [0.717, 1.165) is 0 Å². The second-order valence-electron chi connectivity index (χ2n) is 3.11. The van der Waals surface area contributed by atoms with Crippen molar-refractivity contribution >= 4 is 17.1 Å². The SMILES string of the molecule is CC(=O)CC(C)OCc1cccs1. The molecule has 0 aromatic carbocycles. The number of carbonyl (C=O) groups excluding carboxylic acids is 1. The summed E-state index contributed by atoms with van der Waals surface area (Å²) >= 11 is 1.67. The van der Waals surface area contributed by atoms with Gasteiger partial charge in [-0.15, -0.1) is 11.3 Å². The van der Waals surface area contributed by atoms with Crippen LogP contribution in [0.15, 0.2) is 17.5 Å². The minimum Gasteiger partial charge on any atom is -0.373 e. The van der Waals surface area contributed by atoms with Crippen LogP contribution in [0, 0.1) is 0 Å². The van der Waals surface area contributed by atoms with Gasteiger partial charge in [-0.25, -0.2) is 0 Å². The Morgan fingerprint density at radius 2 is 2.46 bits per heavy atom. The summed E-state index contributed by atoms with van der Waals surface area (Å²) in [6, 6.07) is 4.03. The van der Waals surface area contributed by atoms with Crippen molar-refractivity contribution in [3.8, 4) is 0 Å². The highest BCUT2D eigenvalue weighted by Gasteiger charge is 2.05. The molecule has 0 N–H and O–H groups in total. The minimum atomic E-state index is 0.0274. The Morgan fingerprint density at radius 1 is 1.69 bits per heavy atom. The van der Waals surface area contributed by atoms with Crippen molar-refractivity contribution in [3.05, 3.63) is 22.4 Å². The predicted octanol–water partition coefficient (Wildman–Crippen LogP) is 2.63. The molecule has 1 aromatic rings. The van der Waals surface area contributed by atoms with Crippen LogP contribution in [0.2, 0.25) is 0 Å². The van der Waals surface area contributed by atoms with E-state index in [9.17, 15) is 4.79 Å². The van der Waals surface area contributed by atoms with Crippen LogP contribution in [0.4, 0.5) is 0 Å². The molecule has 2 nitrogen and oxygen atoms in total. The summed E-state index contributed by atoms with van der Waals surface area (Å²) in [5, 5.41) is 2.02. The zero-order chi connectivity index (χ0) is 9.68. The smallest absolute Gasteiger partial charge is 0.132 e. The second kappa shape index (κ2) is 5.14. The van der Waals surface area contributed by atoms with E-state index in [2.05, 4.69) is 0 Å². The Hall–Kier alpha value is -0.670. The first-order valence-electron chi connectivity index (χ1n) is 4.32. The average molecular weight is 198 g/mol. The third kappa shape index (κ3) is 4.20. The monoisotopic (exact) mass is 198 g/mol. The summed E-state index contributed by atoms with van der Waals surface area (Å²) in [7, 11) is 0. The van der Waals surface area contributed by atoms with Gasteiger partial charge in [0.1, 0.15) is 5.78 Å². The van der Waals surface area contributed by atoms with Gasteiger partial charge in [0.2, 0.25) is 0 Å². The normalized spacial score (nSPS) is 12.8. The van der Waals surface area contributed by atoms with Crippen molar-refractivity contribution in [2.24, 2.45) is 0 Å². The average Bonchev–Trinajstić information content (AvgIpc) is 2.51. The molecule has 1 aromatic heterocycles. The first-order valence-corrected chi connectivity index (χ1v) is 5.20. The van der Waals surface area contributed by atoms with Crippen LogP contribution in [-0.4, -0.2) is 11.9 Å². The molecule has 13 heavy (non-hydrogen) atoms. The van der Waals surface area contributed by atoms with Crippen LogP contribution < -0.4 is 0 Å². The lowest BCUT2D eigenvalue weighted by molar-refractivity contribution is -0.119. The van der Waals surface area contributed by atoms with E-state index in [-0.39, 0.29) is 11.9 Å². The van der Waals surface area contributed by atoms with Crippen LogP contribution in [0.5, 0.6) is 0 Å².